The number of rotatable bonds is 3. The van der Waals surface area contributed by atoms with Gasteiger partial charge in [0.2, 0.25) is 0 Å². The second-order valence-corrected chi connectivity index (χ2v) is 5.02. The molecule has 1 aromatic carbocycles. The van der Waals surface area contributed by atoms with Crippen LogP contribution in [0.5, 0.6) is 0 Å². The summed E-state index contributed by atoms with van der Waals surface area (Å²) in [7, 11) is 0. The molecule has 0 radical (unpaired) electrons. The molecule has 0 saturated carbocycles. The van der Waals surface area contributed by atoms with Gasteiger partial charge < -0.3 is 5.11 Å². The lowest BCUT2D eigenvalue weighted by Crippen LogP contribution is -2.47. The van der Waals surface area contributed by atoms with Gasteiger partial charge in [-0.25, -0.2) is 0 Å². The van der Waals surface area contributed by atoms with E-state index in [1.165, 1.54) is 6.42 Å². The quantitative estimate of drug-likeness (QED) is 0.825. The van der Waals surface area contributed by atoms with Crippen LogP contribution >= 0.6 is 0 Å². The van der Waals surface area contributed by atoms with Crippen molar-refractivity contribution in [1.29, 1.82) is 0 Å². The average Bonchev–Trinajstić information content (AvgIpc) is 2.42. The Hall–Kier alpha value is -1.30. The third-order valence-corrected chi connectivity index (χ3v) is 3.88. The molecule has 1 aliphatic rings. The smallest absolute Gasteiger partial charge is 0.0720 e. The molecule has 3 atom stereocenters. The fourth-order valence-corrected chi connectivity index (χ4v) is 2.95. The number of nitrogens with zero attached hydrogens (tertiary/aromatic N) is 1. The summed E-state index contributed by atoms with van der Waals surface area (Å²) in [6, 6.07) is 10.7. The van der Waals surface area contributed by atoms with Crippen molar-refractivity contribution in [2.24, 2.45) is 0 Å². The number of likely N-dealkylation sites (tertiary alicyclic amines) is 1. The maximum atomic E-state index is 9.75. The fraction of sp³-hybridized carbons (Fsp3) is 0.500. The van der Waals surface area contributed by atoms with Crippen LogP contribution in [0.4, 0.5) is 0 Å². The molecule has 0 unspecified atom stereocenters. The molecule has 2 heteroatoms. The van der Waals surface area contributed by atoms with Gasteiger partial charge in [0.15, 0.2) is 0 Å². The SMILES string of the molecule is C#C[C@H]1CCC[C@H](C)N1[C@@H](CO)c1ccccc1. The Kier molecular flexibility index (Phi) is 4.41. The zero-order chi connectivity index (χ0) is 13.0. The highest BCUT2D eigenvalue weighted by molar-refractivity contribution is 5.21. The first-order chi connectivity index (χ1) is 8.77. The normalized spacial score (nSPS) is 26.5. The van der Waals surface area contributed by atoms with Crippen LogP contribution in [0.25, 0.3) is 0 Å². The van der Waals surface area contributed by atoms with E-state index in [1.807, 2.05) is 18.2 Å². The molecule has 1 fully saturated rings. The zero-order valence-electron chi connectivity index (χ0n) is 10.9. The maximum absolute atomic E-state index is 9.75. The minimum Gasteiger partial charge on any atom is -0.394 e. The number of aliphatic hydroxyl groups is 1. The molecular formula is C16H21NO. The molecule has 2 nitrogen and oxygen atoms in total. The van der Waals surface area contributed by atoms with Crippen molar-refractivity contribution in [2.45, 2.75) is 44.3 Å². The van der Waals surface area contributed by atoms with E-state index >= 15 is 0 Å². The molecule has 0 spiro atoms. The van der Waals surface area contributed by atoms with Gasteiger partial charge >= 0.3 is 0 Å². The summed E-state index contributed by atoms with van der Waals surface area (Å²) in [5.41, 5.74) is 1.15. The monoisotopic (exact) mass is 243 g/mol. The van der Waals surface area contributed by atoms with E-state index in [2.05, 4.69) is 29.9 Å². The van der Waals surface area contributed by atoms with Gasteiger partial charge in [-0.05, 0) is 31.7 Å². The summed E-state index contributed by atoms with van der Waals surface area (Å²) >= 11 is 0. The fourth-order valence-electron chi connectivity index (χ4n) is 2.95. The van der Waals surface area contributed by atoms with Gasteiger partial charge in [-0.2, -0.15) is 0 Å². The van der Waals surface area contributed by atoms with E-state index in [1.54, 1.807) is 0 Å². The second-order valence-electron chi connectivity index (χ2n) is 5.02. The van der Waals surface area contributed by atoms with E-state index < -0.39 is 0 Å². The highest BCUT2D eigenvalue weighted by atomic mass is 16.3. The summed E-state index contributed by atoms with van der Waals surface area (Å²) < 4.78 is 0. The minimum atomic E-state index is 0.0162. The first kappa shape index (κ1) is 13.1. The highest BCUT2D eigenvalue weighted by Gasteiger charge is 2.32. The van der Waals surface area contributed by atoms with Crippen LogP contribution in [-0.4, -0.2) is 28.7 Å². The predicted molar refractivity (Wildman–Crippen MR) is 74.0 cm³/mol. The summed E-state index contributed by atoms with van der Waals surface area (Å²) in [4.78, 5) is 2.30. The lowest BCUT2D eigenvalue weighted by molar-refractivity contribution is 0.0395. The molecule has 0 aliphatic carbocycles. The lowest BCUT2D eigenvalue weighted by Gasteiger charge is -2.43. The molecule has 1 aromatic rings. The van der Waals surface area contributed by atoms with Crippen LogP contribution in [-0.2, 0) is 0 Å². The molecule has 0 bridgehead atoms. The zero-order valence-corrected chi connectivity index (χ0v) is 10.9. The lowest BCUT2D eigenvalue weighted by atomic mass is 9.92. The molecule has 18 heavy (non-hydrogen) atoms. The van der Waals surface area contributed by atoms with Crippen LogP contribution in [0, 0.1) is 12.3 Å². The third-order valence-electron chi connectivity index (χ3n) is 3.88. The Bertz CT molecular complexity index is 409. The van der Waals surface area contributed by atoms with Crippen LogP contribution in [0.2, 0.25) is 0 Å². The first-order valence-corrected chi connectivity index (χ1v) is 6.67. The van der Waals surface area contributed by atoms with E-state index in [0.29, 0.717) is 6.04 Å². The number of terminal acetylenes is 1. The van der Waals surface area contributed by atoms with Gasteiger partial charge in [0.1, 0.15) is 0 Å². The number of benzene rings is 1. The van der Waals surface area contributed by atoms with Crippen molar-refractivity contribution in [3.05, 3.63) is 35.9 Å². The molecular weight excluding hydrogens is 222 g/mol. The Morgan fingerprint density at radius 3 is 2.72 bits per heavy atom. The molecule has 96 valence electrons. The van der Waals surface area contributed by atoms with Crippen molar-refractivity contribution >= 4 is 0 Å². The van der Waals surface area contributed by atoms with Gasteiger partial charge in [-0.1, -0.05) is 36.3 Å². The predicted octanol–water partition coefficient (Wildman–Crippen LogP) is 2.60. The van der Waals surface area contributed by atoms with Crippen LogP contribution in [0.3, 0.4) is 0 Å². The summed E-state index contributed by atoms with van der Waals surface area (Å²) in [6.07, 6.45) is 9.02. The molecule has 1 saturated heterocycles. The third kappa shape index (κ3) is 2.58. The molecule has 0 aromatic heterocycles. The van der Waals surface area contributed by atoms with Crippen LogP contribution in [0.15, 0.2) is 30.3 Å². The highest BCUT2D eigenvalue weighted by Crippen LogP contribution is 2.31. The Morgan fingerprint density at radius 1 is 1.39 bits per heavy atom. The Morgan fingerprint density at radius 2 is 2.11 bits per heavy atom. The molecule has 1 aliphatic heterocycles. The van der Waals surface area contributed by atoms with Crippen molar-refractivity contribution < 1.29 is 5.11 Å². The van der Waals surface area contributed by atoms with Crippen molar-refractivity contribution in [3.8, 4) is 12.3 Å². The average molecular weight is 243 g/mol. The Balaban J connectivity index is 2.28. The van der Waals surface area contributed by atoms with Gasteiger partial charge in [0, 0.05) is 6.04 Å². The largest absolute Gasteiger partial charge is 0.394 e. The molecule has 2 rings (SSSR count). The van der Waals surface area contributed by atoms with Crippen LogP contribution in [0.1, 0.15) is 37.8 Å². The standard InChI is InChI=1S/C16H21NO/c1-3-15-11-7-8-13(2)17(15)16(12-18)14-9-5-4-6-10-14/h1,4-6,9-10,13,15-16,18H,7-8,11-12H2,2H3/t13-,15-,16-/m0/s1. The number of aliphatic hydroxyl groups excluding tert-OH is 1. The molecule has 1 N–H and O–H groups in total. The number of hydrogen-bond donors (Lipinski definition) is 1. The minimum absolute atomic E-state index is 0.0162. The first-order valence-electron chi connectivity index (χ1n) is 6.67. The van der Waals surface area contributed by atoms with Gasteiger partial charge in [-0.3, -0.25) is 4.90 Å². The topological polar surface area (TPSA) is 23.5 Å². The Labute approximate surface area is 110 Å². The van der Waals surface area contributed by atoms with E-state index in [9.17, 15) is 5.11 Å². The number of piperidine rings is 1. The van der Waals surface area contributed by atoms with Crippen LogP contribution < -0.4 is 0 Å². The number of hydrogen-bond acceptors (Lipinski definition) is 2. The van der Waals surface area contributed by atoms with Gasteiger partial charge in [0.05, 0.1) is 18.7 Å². The second kappa shape index (κ2) is 6.04. The van der Waals surface area contributed by atoms with E-state index in [4.69, 9.17) is 6.42 Å². The van der Waals surface area contributed by atoms with Crippen molar-refractivity contribution in [3.63, 3.8) is 0 Å². The van der Waals surface area contributed by atoms with Crippen molar-refractivity contribution in [2.75, 3.05) is 6.61 Å². The van der Waals surface area contributed by atoms with Crippen molar-refractivity contribution in [1.82, 2.24) is 4.90 Å². The van der Waals surface area contributed by atoms with Gasteiger partial charge in [0.25, 0.3) is 0 Å². The molecule has 0 amide bonds. The molecule has 1 heterocycles. The summed E-state index contributed by atoms with van der Waals surface area (Å²) in [5.74, 6) is 2.88. The van der Waals surface area contributed by atoms with E-state index in [-0.39, 0.29) is 18.7 Å². The van der Waals surface area contributed by atoms with Gasteiger partial charge in [-0.15, -0.1) is 6.42 Å². The van der Waals surface area contributed by atoms with E-state index in [0.717, 1.165) is 18.4 Å². The maximum Gasteiger partial charge on any atom is 0.0720 e. The summed E-state index contributed by atoms with van der Waals surface area (Å²) in [6.45, 7) is 2.32. The summed E-state index contributed by atoms with van der Waals surface area (Å²) in [5, 5.41) is 9.75.